The second kappa shape index (κ2) is 10.3. The molecular weight excluding hydrogens is 350 g/mol. The van der Waals surface area contributed by atoms with E-state index >= 15 is 0 Å². The minimum Gasteiger partial charge on any atom is -0.489 e. The molecule has 2 heterocycles. The highest BCUT2D eigenvalue weighted by molar-refractivity contribution is 5.80. The summed E-state index contributed by atoms with van der Waals surface area (Å²) in [7, 11) is 0. The van der Waals surface area contributed by atoms with Crippen LogP contribution in [0.3, 0.4) is 0 Å². The first-order valence-electron chi connectivity index (χ1n) is 9.82. The van der Waals surface area contributed by atoms with Crippen LogP contribution in [0.4, 0.5) is 5.82 Å². The summed E-state index contributed by atoms with van der Waals surface area (Å²) in [4.78, 5) is 14.0. The van der Waals surface area contributed by atoms with Gasteiger partial charge in [-0.05, 0) is 25.1 Å². The van der Waals surface area contributed by atoms with Crippen molar-refractivity contribution in [2.24, 2.45) is 4.99 Å². The van der Waals surface area contributed by atoms with E-state index in [1.807, 2.05) is 36.5 Å². The molecular formula is C22H29N5O. The van der Waals surface area contributed by atoms with Crippen molar-refractivity contribution in [1.29, 1.82) is 0 Å². The predicted octanol–water partition coefficient (Wildman–Crippen LogP) is 2.93. The summed E-state index contributed by atoms with van der Waals surface area (Å²) in [6.45, 7) is 11.4. The van der Waals surface area contributed by atoms with E-state index < -0.39 is 0 Å². The third-order valence-corrected chi connectivity index (χ3v) is 4.62. The monoisotopic (exact) mass is 379 g/mol. The third kappa shape index (κ3) is 5.25. The molecule has 0 unspecified atom stereocenters. The van der Waals surface area contributed by atoms with Gasteiger partial charge in [-0.3, -0.25) is 0 Å². The van der Waals surface area contributed by atoms with Gasteiger partial charge in [0.2, 0.25) is 0 Å². The number of benzene rings is 1. The number of rotatable bonds is 7. The van der Waals surface area contributed by atoms with Crippen LogP contribution in [0.25, 0.3) is 0 Å². The van der Waals surface area contributed by atoms with E-state index in [9.17, 15) is 0 Å². The van der Waals surface area contributed by atoms with Gasteiger partial charge in [-0.1, -0.05) is 36.9 Å². The Morgan fingerprint density at radius 1 is 1.18 bits per heavy atom. The van der Waals surface area contributed by atoms with Gasteiger partial charge in [-0.15, -0.1) is 0 Å². The summed E-state index contributed by atoms with van der Waals surface area (Å²) < 4.78 is 5.75. The number of aliphatic imine (C=N–C) groups is 1. The molecule has 148 valence electrons. The van der Waals surface area contributed by atoms with Crippen LogP contribution in [0.2, 0.25) is 0 Å². The molecule has 1 aliphatic heterocycles. The van der Waals surface area contributed by atoms with Gasteiger partial charge in [0.25, 0.3) is 0 Å². The molecule has 1 aromatic heterocycles. The maximum Gasteiger partial charge on any atom is 0.194 e. The van der Waals surface area contributed by atoms with Gasteiger partial charge in [0.05, 0.1) is 6.54 Å². The molecule has 0 aliphatic carbocycles. The van der Waals surface area contributed by atoms with Crippen molar-refractivity contribution in [2.75, 3.05) is 44.2 Å². The molecule has 28 heavy (non-hydrogen) atoms. The summed E-state index contributed by atoms with van der Waals surface area (Å²) in [5.74, 6) is 2.85. The van der Waals surface area contributed by atoms with Crippen molar-refractivity contribution >= 4 is 11.8 Å². The molecule has 1 aliphatic rings. The van der Waals surface area contributed by atoms with Gasteiger partial charge in [-0.2, -0.15) is 0 Å². The number of pyridine rings is 1. The number of guanidine groups is 1. The van der Waals surface area contributed by atoms with Crippen molar-refractivity contribution in [3.63, 3.8) is 0 Å². The second-order valence-corrected chi connectivity index (χ2v) is 6.54. The van der Waals surface area contributed by atoms with Crippen LogP contribution in [-0.4, -0.2) is 55.2 Å². The number of anilines is 1. The second-order valence-electron chi connectivity index (χ2n) is 6.54. The first-order chi connectivity index (χ1) is 13.8. The van der Waals surface area contributed by atoms with E-state index in [-0.39, 0.29) is 0 Å². The topological polar surface area (TPSA) is 53.0 Å². The first kappa shape index (κ1) is 19.7. The Kier molecular flexibility index (Phi) is 7.29. The number of ether oxygens (including phenoxy) is 1. The van der Waals surface area contributed by atoms with E-state index in [4.69, 9.17) is 9.73 Å². The van der Waals surface area contributed by atoms with E-state index in [1.165, 1.54) is 0 Å². The number of hydrogen-bond acceptors (Lipinski definition) is 4. The molecule has 6 heteroatoms. The van der Waals surface area contributed by atoms with E-state index in [2.05, 4.69) is 45.7 Å². The molecule has 0 radical (unpaired) electrons. The highest BCUT2D eigenvalue weighted by Gasteiger charge is 2.20. The minimum absolute atomic E-state index is 0.496. The fourth-order valence-electron chi connectivity index (χ4n) is 3.20. The zero-order valence-corrected chi connectivity index (χ0v) is 16.6. The Morgan fingerprint density at radius 3 is 2.68 bits per heavy atom. The van der Waals surface area contributed by atoms with Crippen LogP contribution in [0.1, 0.15) is 12.5 Å². The molecule has 0 spiro atoms. The van der Waals surface area contributed by atoms with Gasteiger partial charge in [0.1, 0.15) is 18.2 Å². The standard InChI is InChI=1S/C22H29N5O/c1-3-17-28-20-10-6-5-9-19(20)18-25-22(23-4-2)27-15-13-26(14-16-27)21-11-7-8-12-24-21/h3,5-12H,1,4,13-18H2,2H3,(H,23,25). The average Bonchev–Trinajstić information content (AvgIpc) is 2.76. The van der Waals surface area contributed by atoms with Crippen molar-refractivity contribution in [2.45, 2.75) is 13.5 Å². The number of aromatic nitrogens is 1. The Morgan fingerprint density at radius 2 is 1.96 bits per heavy atom. The molecule has 0 saturated carbocycles. The number of para-hydroxylation sites is 1. The van der Waals surface area contributed by atoms with Crippen LogP contribution in [-0.2, 0) is 6.54 Å². The van der Waals surface area contributed by atoms with Crippen molar-refractivity contribution in [3.05, 3.63) is 66.9 Å². The number of piperazine rings is 1. The SMILES string of the molecule is C=CCOc1ccccc1CN=C(NCC)N1CCN(c2ccccn2)CC1. The van der Waals surface area contributed by atoms with Gasteiger partial charge in [0, 0.05) is 44.5 Å². The zero-order valence-electron chi connectivity index (χ0n) is 16.6. The number of hydrogen-bond donors (Lipinski definition) is 1. The quantitative estimate of drug-likeness (QED) is 0.455. The van der Waals surface area contributed by atoms with Crippen LogP contribution >= 0.6 is 0 Å². The van der Waals surface area contributed by atoms with E-state index in [0.29, 0.717) is 13.2 Å². The van der Waals surface area contributed by atoms with Gasteiger partial charge in [-0.25, -0.2) is 9.98 Å². The Bertz CT molecular complexity index is 770. The van der Waals surface area contributed by atoms with Gasteiger partial charge < -0.3 is 19.9 Å². The summed E-state index contributed by atoms with van der Waals surface area (Å²) >= 11 is 0. The van der Waals surface area contributed by atoms with Crippen LogP contribution in [0, 0.1) is 0 Å². The lowest BCUT2D eigenvalue weighted by atomic mass is 10.2. The Balaban J connectivity index is 1.65. The Hall–Kier alpha value is -3.02. The van der Waals surface area contributed by atoms with Crippen LogP contribution in [0.15, 0.2) is 66.3 Å². The molecule has 0 bridgehead atoms. The molecule has 0 amide bonds. The normalized spacial score (nSPS) is 14.7. The summed E-state index contributed by atoms with van der Waals surface area (Å²) in [6, 6.07) is 14.1. The van der Waals surface area contributed by atoms with E-state index in [0.717, 1.165) is 55.8 Å². The maximum absolute atomic E-state index is 5.75. The van der Waals surface area contributed by atoms with E-state index in [1.54, 1.807) is 6.08 Å². The van der Waals surface area contributed by atoms with Crippen molar-refractivity contribution in [1.82, 2.24) is 15.2 Å². The molecule has 3 rings (SSSR count). The first-order valence-corrected chi connectivity index (χ1v) is 9.82. The van der Waals surface area contributed by atoms with Crippen LogP contribution < -0.4 is 15.0 Å². The molecule has 1 fully saturated rings. The maximum atomic E-state index is 5.75. The highest BCUT2D eigenvalue weighted by atomic mass is 16.5. The minimum atomic E-state index is 0.496. The lowest BCUT2D eigenvalue weighted by Gasteiger charge is -2.37. The van der Waals surface area contributed by atoms with Crippen molar-refractivity contribution in [3.8, 4) is 5.75 Å². The molecule has 2 aromatic rings. The summed E-state index contributed by atoms with van der Waals surface area (Å²) in [5.41, 5.74) is 1.08. The molecule has 6 nitrogen and oxygen atoms in total. The largest absolute Gasteiger partial charge is 0.489 e. The Labute approximate surface area is 167 Å². The summed E-state index contributed by atoms with van der Waals surface area (Å²) in [6.07, 6.45) is 3.60. The highest BCUT2D eigenvalue weighted by Crippen LogP contribution is 2.19. The zero-order chi connectivity index (χ0) is 19.6. The molecule has 1 saturated heterocycles. The average molecular weight is 380 g/mol. The lowest BCUT2D eigenvalue weighted by Crippen LogP contribution is -2.52. The lowest BCUT2D eigenvalue weighted by molar-refractivity contribution is 0.358. The van der Waals surface area contributed by atoms with Gasteiger partial charge in [0.15, 0.2) is 5.96 Å². The fourth-order valence-corrected chi connectivity index (χ4v) is 3.20. The number of nitrogens with zero attached hydrogens (tertiary/aromatic N) is 4. The third-order valence-electron chi connectivity index (χ3n) is 4.62. The van der Waals surface area contributed by atoms with Gasteiger partial charge >= 0.3 is 0 Å². The molecule has 0 atom stereocenters. The van der Waals surface area contributed by atoms with Crippen molar-refractivity contribution < 1.29 is 4.74 Å². The molecule has 1 N–H and O–H groups in total. The number of nitrogens with one attached hydrogen (secondary N) is 1. The fraction of sp³-hybridized carbons (Fsp3) is 0.364. The smallest absolute Gasteiger partial charge is 0.194 e. The van der Waals surface area contributed by atoms with Crippen LogP contribution in [0.5, 0.6) is 5.75 Å². The molecule has 1 aromatic carbocycles. The predicted molar refractivity (Wildman–Crippen MR) is 115 cm³/mol. The summed E-state index contributed by atoms with van der Waals surface area (Å²) in [5, 5.41) is 3.42.